The molecular formula is C11H12ClNO4S. The van der Waals surface area contributed by atoms with Crippen LogP contribution in [0.15, 0.2) is 12.1 Å². The van der Waals surface area contributed by atoms with Crippen LogP contribution in [-0.2, 0) is 9.53 Å². The Labute approximate surface area is 113 Å². The van der Waals surface area contributed by atoms with Gasteiger partial charge in [-0.15, -0.1) is 11.3 Å². The van der Waals surface area contributed by atoms with Crippen LogP contribution in [0.5, 0.6) is 0 Å². The first-order valence-corrected chi connectivity index (χ1v) is 6.61. The molecule has 1 aromatic rings. The number of hydrogen-bond acceptors (Lipinski definition) is 4. The highest BCUT2D eigenvalue weighted by molar-refractivity contribution is 7.18. The van der Waals surface area contributed by atoms with Crippen LogP contribution in [0, 0.1) is 0 Å². The Bertz CT molecular complexity index is 475. The largest absolute Gasteiger partial charge is 0.480 e. The third-order valence-corrected chi connectivity index (χ3v) is 3.93. The van der Waals surface area contributed by atoms with Crippen LogP contribution in [0.4, 0.5) is 0 Å². The Balaban J connectivity index is 1.96. The molecule has 2 heterocycles. The maximum atomic E-state index is 11.8. The Kier molecular flexibility index (Phi) is 3.89. The van der Waals surface area contributed by atoms with Crippen LogP contribution in [-0.4, -0.2) is 35.2 Å². The van der Waals surface area contributed by atoms with Crippen molar-refractivity contribution in [2.45, 2.75) is 31.6 Å². The van der Waals surface area contributed by atoms with E-state index >= 15 is 0 Å². The van der Waals surface area contributed by atoms with Gasteiger partial charge in [0.15, 0.2) is 0 Å². The van der Waals surface area contributed by atoms with E-state index in [2.05, 4.69) is 5.32 Å². The summed E-state index contributed by atoms with van der Waals surface area (Å²) in [5, 5.41) is 11.5. The number of epoxide rings is 1. The minimum Gasteiger partial charge on any atom is -0.480 e. The zero-order valence-corrected chi connectivity index (χ0v) is 11.1. The fraction of sp³-hybridized carbons (Fsp3) is 0.455. The molecule has 5 nitrogen and oxygen atoms in total. The molecule has 7 heteroatoms. The van der Waals surface area contributed by atoms with Crippen molar-refractivity contribution in [2.24, 2.45) is 0 Å². The summed E-state index contributed by atoms with van der Waals surface area (Å²) in [4.78, 5) is 23.2. The quantitative estimate of drug-likeness (QED) is 0.810. The number of carbonyl (C=O) groups is 2. The van der Waals surface area contributed by atoms with Gasteiger partial charge in [-0.25, -0.2) is 4.79 Å². The van der Waals surface area contributed by atoms with Crippen molar-refractivity contribution in [2.75, 3.05) is 0 Å². The summed E-state index contributed by atoms with van der Waals surface area (Å²) in [5.41, 5.74) is 0. The molecular weight excluding hydrogens is 278 g/mol. The maximum absolute atomic E-state index is 11.8. The van der Waals surface area contributed by atoms with Gasteiger partial charge in [0.05, 0.1) is 21.4 Å². The van der Waals surface area contributed by atoms with Gasteiger partial charge in [0.1, 0.15) is 6.04 Å². The molecule has 2 N–H and O–H groups in total. The van der Waals surface area contributed by atoms with Crippen molar-refractivity contribution in [1.82, 2.24) is 5.32 Å². The van der Waals surface area contributed by atoms with E-state index in [4.69, 9.17) is 21.4 Å². The molecule has 1 aromatic heterocycles. The minimum absolute atomic E-state index is 0.0694. The van der Waals surface area contributed by atoms with Crippen molar-refractivity contribution >= 4 is 34.8 Å². The molecule has 18 heavy (non-hydrogen) atoms. The first kappa shape index (κ1) is 13.3. The topological polar surface area (TPSA) is 78.9 Å². The molecule has 0 saturated carbocycles. The highest BCUT2D eigenvalue weighted by Gasteiger charge is 2.38. The summed E-state index contributed by atoms with van der Waals surface area (Å²) in [5.74, 6) is -1.48. The van der Waals surface area contributed by atoms with Crippen molar-refractivity contribution in [3.05, 3.63) is 21.3 Å². The average molecular weight is 290 g/mol. The Morgan fingerprint density at radius 1 is 1.61 bits per heavy atom. The van der Waals surface area contributed by atoms with Gasteiger partial charge < -0.3 is 15.2 Å². The highest BCUT2D eigenvalue weighted by atomic mass is 35.5. The number of ether oxygens (including phenoxy) is 1. The first-order chi connectivity index (χ1) is 8.47. The number of aliphatic carboxylic acids is 1. The number of thiophene rings is 1. The van der Waals surface area contributed by atoms with E-state index in [1.165, 1.54) is 0 Å². The lowest BCUT2D eigenvalue weighted by Gasteiger charge is -2.12. The minimum atomic E-state index is -1.06. The number of hydrogen-bond donors (Lipinski definition) is 2. The Morgan fingerprint density at radius 3 is 2.72 bits per heavy atom. The molecule has 98 valence electrons. The summed E-state index contributed by atoms with van der Waals surface area (Å²) in [6, 6.07) is 2.23. The molecule has 1 amide bonds. The van der Waals surface area contributed by atoms with Crippen molar-refractivity contribution in [3.63, 3.8) is 0 Å². The molecule has 1 saturated heterocycles. The van der Waals surface area contributed by atoms with Crippen LogP contribution in [0.3, 0.4) is 0 Å². The molecule has 3 unspecified atom stereocenters. The molecule has 1 fully saturated rings. The number of carboxylic acid groups (broad SMARTS) is 1. The van der Waals surface area contributed by atoms with Gasteiger partial charge in [0.2, 0.25) is 0 Å². The predicted octanol–water partition coefficient (Wildman–Crippen LogP) is 1.76. The third-order valence-electron chi connectivity index (χ3n) is 2.70. The second kappa shape index (κ2) is 5.26. The third kappa shape index (κ3) is 3.22. The lowest BCUT2D eigenvalue weighted by atomic mass is 10.1. The van der Waals surface area contributed by atoms with E-state index in [1.54, 1.807) is 12.1 Å². The summed E-state index contributed by atoms with van der Waals surface area (Å²) in [7, 11) is 0. The summed E-state index contributed by atoms with van der Waals surface area (Å²) >= 11 is 6.83. The van der Waals surface area contributed by atoms with E-state index in [0.29, 0.717) is 9.21 Å². The molecule has 1 aliphatic rings. The molecule has 0 radical (unpaired) electrons. The van der Waals surface area contributed by atoms with Crippen LogP contribution in [0.1, 0.15) is 23.0 Å². The summed E-state index contributed by atoms with van der Waals surface area (Å²) < 4.78 is 5.65. The zero-order valence-electron chi connectivity index (χ0n) is 9.55. The standard InChI is InChI=1S/C11H12ClNO4S/c1-5-7(17-5)4-6(11(15)16)13-10(14)8-2-3-9(12)18-8/h2-3,5-7H,4H2,1H3,(H,13,14)(H,15,16). The molecule has 3 atom stereocenters. The van der Waals surface area contributed by atoms with Crippen molar-refractivity contribution < 1.29 is 19.4 Å². The number of carboxylic acids is 1. The second-order valence-corrected chi connectivity index (χ2v) is 5.80. The van der Waals surface area contributed by atoms with Gasteiger partial charge in [-0.1, -0.05) is 11.6 Å². The normalized spacial score (nSPS) is 23.4. The van der Waals surface area contributed by atoms with E-state index in [9.17, 15) is 9.59 Å². The molecule has 0 aromatic carbocycles. The number of nitrogens with one attached hydrogen (secondary N) is 1. The Morgan fingerprint density at radius 2 is 2.28 bits per heavy atom. The predicted molar refractivity (Wildman–Crippen MR) is 67.2 cm³/mol. The van der Waals surface area contributed by atoms with Gasteiger partial charge in [0.25, 0.3) is 5.91 Å². The number of carbonyl (C=O) groups excluding carboxylic acids is 1. The van der Waals surface area contributed by atoms with Crippen molar-refractivity contribution in [1.29, 1.82) is 0 Å². The lowest BCUT2D eigenvalue weighted by Crippen LogP contribution is -2.41. The Hall–Kier alpha value is -1.11. The van der Waals surface area contributed by atoms with Crippen molar-refractivity contribution in [3.8, 4) is 0 Å². The fourth-order valence-electron chi connectivity index (χ4n) is 1.60. The van der Waals surface area contributed by atoms with Gasteiger partial charge in [-0.2, -0.15) is 0 Å². The molecule has 2 rings (SSSR count). The second-order valence-electron chi connectivity index (χ2n) is 4.08. The van der Waals surface area contributed by atoms with E-state index in [0.717, 1.165) is 11.3 Å². The summed E-state index contributed by atoms with van der Waals surface area (Å²) in [6.07, 6.45) is 0.264. The maximum Gasteiger partial charge on any atom is 0.326 e. The van der Waals surface area contributed by atoms with Crippen LogP contribution in [0.2, 0.25) is 4.34 Å². The van der Waals surface area contributed by atoms with Gasteiger partial charge in [0, 0.05) is 6.42 Å². The zero-order chi connectivity index (χ0) is 13.3. The van der Waals surface area contributed by atoms with Gasteiger partial charge in [-0.05, 0) is 19.1 Å². The first-order valence-electron chi connectivity index (χ1n) is 5.42. The van der Waals surface area contributed by atoms with Crippen LogP contribution < -0.4 is 5.32 Å². The number of amides is 1. The molecule has 1 aliphatic heterocycles. The lowest BCUT2D eigenvalue weighted by molar-refractivity contribution is -0.139. The van der Waals surface area contributed by atoms with Gasteiger partial charge >= 0.3 is 5.97 Å². The monoisotopic (exact) mass is 289 g/mol. The van der Waals surface area contributed by atoms with E-state index in [-0.39, 0.29) is 18.6 Å². The molecule has 0 bridgehead atoms. The molecule has 0 spiro atoms. The van der Waals surface area contributed by atoms with E-state index < -0.39 is 17.9 Å². The number of rotatable bonds is 5. The smallest absolute Gasteiger partial charge is 0.326 e. The highest BCUT2D eigenvalue weighted by Crippen LogP contribution is 2.26. The number of halogens is 1. The van der Waals surface area contributed by atoms with Gasteiger partial charge in [-0.3, -0.25) is 4.79 Å². The summed E-state index contributed by atoms with van der Waals surface area (Å²) in [6.45, 7) is 1.87. The fourth-order valence-corrected chi connectivity index (χ4v) is 2.54. The van der Waals surface area contributed by atoms with Crippen LogP contribution in [0.25, 0.3) is 0 Å². The SMILES string of the molecule is CC1OC1CC(NC(=O)c1ccc(Cl)s1)C(=O)O. The molecule has 0 aliphatic carbocycles. The average Bonchev–Trinajstić information content (AvgIpc) is 2.81. The van der Waals surface area contributed by atoms with E-state index in [1.807, 2.05) is 6.92 Å². The van der Waals surface area contributed by atoms with Crippen LogP contribution >= 0.6 is 22.9 Å².